The summed E-state index contributed by atoms with van der Waals surface area (Å²) in [6, 6.07) is 3.87. The van der Waals surface area contributed by atoms with Crippen molar-refractivity contribution in [3.63, 3.8) is 0 Å². The highest BCUT2D eigenvalue weighted by atomic mass is 35.5. The first-order chi connectivity index (χ1) is 12.2. The fourth-order valence-electron chi connectivity index (χ4n) is 2.29. The molecule has 0 spiro atoms. The van der Waals surface area contributed by atoms with Crippen molar-refractivity contribution in [3.8, 4) is 5.69 Å². The van der Waals surface area contributed by atoms with Crippen LogP contribution in [0, 0.1) is 6.92 Å². The monoisotopic (exact) mass is 385 g/mol. The van der Waals surface area contributed by atoms with E-state index in [-0.39, 0.29) is 17.4 Å². The Labute approximate surface area is 150 Å². The van der Waals surface area contributed by atoms with Crippen molar-refractivity contribution in [1.82, 2.24) is 20.1 Å². The van der Waals surface area contributed by atoms with Crippen molar-refractivity contribution in [2.24, 2.45) is 5.10 Å². The fourth-order valence-corrected chi connectivity index (χ4v) is 2.62. The van der Waals surface area contributed by atoms with Gasteiger partial charge in [-0.3, -0.25) is 10.1 Å². The zero-order valence-electron chi connectivity index (χ0n) is 13.2. The third-order valence-corrected chi connectivity index (χ3v) is 3.93. The molecule has 1 saturated heterocycles. The molecule has 136 valence electrons. The Morgan fingerprint density at radius 3 is 2.69 bits per heavy atom. The molecule has 2 heterocycles. The maximum absolute atomic E-state index is 12.9. The average molecular weight is 386 g/mol. The lowest BCUT2D eigenvalue weighted by Crippen LogP contribution is -2.24. The summed E-state index contributed by atoms with van der Waals surface area (Å²) in [6.45, 7) is 1.36. The normalized spacial score (nSPS) is 15.2. The number of hydrazone groups is 1. The van der Waals surface area contributed by atoms with E-state index in [1.54, 1.807) is 6.92 Å². The van der Waals surface area contributed by atoms with Crippen molar-refractivity contribution in [1.29, 1.82) is 0 Å². The highest BCUT2D eigenvalue weighted by Crippen LogP contribution is 2.31. The summed E-state index contributed by atoms with van der Waals surface area (Å²) in [4.78, 5) is 22.6. The van der Waals surface area contributed by atoms with Crippen LogP contribution >= 0.6 is 11.6 Å². The van der Waals surface area contributed by atoms with E-state index >= 15 is 0 Å². The lowest BCUT2D eigenvalue weighted by Gasteiger charge is -2.09. The number of halogens is 4. The summed E-state index contributed by atoms with van der Waals surface area (Å²) in [5.41, 5.74) is 0.00155. The van der Waals surface area contributed by atoms with Gasteiger partial charge in [0.1, 0.15) is 11.7 Å². The molecular formula is C15H11ClF3N5O2. The summed E-state index contributed by atoms with van der Waals surface area (Å²) in [5, 5.41) is 11.0. The van der Waals surface area contributed by atoms with E-state index in [4.69, 9.17) is 11.6 Å². The van der Waals surface area contributed by atoms with Crippen LogP contribution in [0.3, 0.4) is 0 Å². The molecule has 1 aliphatic rings. The number of hydrogen-bond acceptors (Lipinski definition) is 4. The van der Waals surface area contributed by atoms with Gasteiger partial charge in [-0.2, -0.15) is 23.4 Å². The van der Waals surface area contributed by atoms with E-state index in [1.165, 1.54) is 18.3 Å². The number of urea groups is 1. The molecule has 3 rings (SSSR count). The third-order valence-electron chi connectivity index (χ3n) is 3.57. The molecule has 0 aliphatic carbocycles. The van der Waals surface area contributed by atoms with Gasteiger partial charge in [0.15, 0.2) is 0 Å². The van der Waals surface area contributed by atoms with E-state index < -0.39 is 23.7 Å². The number of amides is 3. The Kier molecular flexibility index (Phi) is 4.45. The number of nitrogens with one attached hydrogen (secondary N) is 1. The minimum Gasteiger partial charge on any atom is -0.275 e. The first-order valence-corrected chi connectivity index (χ1v) is 7.62. The summed E-state index contributed by atoms with van der Waals surface area (Å²) in [7, 11) is 0. The molecule has 0 radical (unpaired) electrons. The first kappa shape index (κ1) is 17.9. The number of nitrogens with zero attached hydrogens (tertiary/aromatic N) is 4. The molecule has 2 aromatic rings. The maximum Gasteiger partial charge on any atom is 0.416 e. The van der Waals surface area contributed by atoms with E-state index in [1.807, 2.05) is 0 Å². The Hall–Kier alpha value is -2.88. The molecule has 0 bridgehead atoms. The van der Waals surface area contributed by atoms with Gasteiger partial charge in [-0.05, 0) is 25.1 Å². The number of alkyl halides is 3. The minimum absolute atomic E-state index is 0.0245. The standard InChI is InChI=1S/C15H11ClF3N5O2/c1-8-11(6-20-23-7-12(25)21-14(23)26)13(16)24(22-8)10-4-2-3-9(5-10)15(17,18)19/h2-6H,7H2,1H3,(H,21,25,26). The molecule has 1 N–H and O–H groups in total. The molecule has 1 aromatic carbocycles. The molecule has 1 aromatic heterocycles. The van der Waals surface area contributed by atoms with Gasteiger partial charge in [0, 0.05) is 0 Å². The predicted octanol–water partition coefficient (Wildman–Crippen LogP) is 2.74. The molecule has 0 atom stereocenters. The molecule has 3 amide bonds. The number of carbonyl (C=O) groups excluding carboxylic acids is 2. The lowest BCUT2D eigenvalue weighted by molar-refractivity contribution is -0.137. The first-order valence-electron chi connectivity index (χ1n) is 7.25. The van der Waals surface area contributed by atoms with E-state index in [0.29, 0.717) is 11.3 Å². The second-order valence-corrected chi connectivity index (χ2v) is 5.76. The zero-order valence-corrected chi connectivity index (χ0v) is 14.0. The number of hydrogen-bond donors (Lipinski definition) is 1. The maximum atomic E-state index is 12.9. The quantitative estimate of drug-likeness (QED) is 0.651. The van der Waals surface area contributed by atoms with Crippen molar-refractivity contribution >= 4 is 29.8 Å². The van der Waals surface area contributed by atoms with E-state index in [9.17, 15) is 22.8 Å². The number of imide groups is 1. The van der Waals surface area contributed by atoms with Gasteiger partial charge >= 0.3 is 12.2 Å². The third kappa shape index (κ3) is 3.40. The molecule has 1 aliphatic heterocycles. The molecule has 0 unspecified atom stereocenters. The van der Waals surface area contributed by atoms with Gasteiger partial charge in [-0.1, -0.05) is 17.7 Å². The minimum atomic E-state index is -4.50. The highest BCUT2D eigenvalue weighted by molar-refractivity contribution is 6.32. The highest BCUT2D eigenvalue weighted by Gasteiger charge is 2.31. The van der Waals surface area contributed by atoms with Crippen LogP contribution in [0.5, 0.6) is 0 Å². The van der Waals surface area contributed by atoms with Crippen LogP contribution in [0.2, 0.25) is 5.15 Å². The smallest absolute Gasteiger partial charge is 0.275 e. The number of aromatic nitrogens is 2. The van der Waals surface area contributed by atoms with Crippen LogP contribution in [0.4, 0.5) is 18.0 Å². The summed E-state index contributed by atoms with van der Waals surface area (Å²) < 4.78 is 39.8. The van der Waals surface area contributed by atoms with E-state index in [0.717, 1.165) is 21.8 Å². The van der Waals surface area contributed by atoms with Crippen LogP contribution in [0.1, 0.15) is 16.8 Å². The zero-order chi connectivity index (χ0) is 19.1. The van der Waals surface area contributed by atoms with Crippen LogP contribution in [0.15, 0.2) is 29.4 Å². The summed E-state index contributed by atoms with van der Waals surface area (Å²) in [5.74, 6) is -0.491. The molecule has 7 nitrogen and oxygen atoms in total. The molecule has 11 heteroatoms. The summed E-state index contributed by atoms with van der Waals surface area (Å²) in [6.07, 6.45) is -3.27. The van der Waals surface area contributed by atoms with Crippen molar-refractivity contribution in [2.75, 3.05) is 6.54 Å². The van der Waals surface area contributed by atoms with Crippen LogP contribution in [-0.2, 0) is 11.0 Å². The fraction of sp³-hybridized carbons (Fsp3) is 0.200. The van der Waals surface area contributed by atoms with E-state index in [2.05, 4.69) is 15.5 Å². The molecule has 26 heavy (non-hydrogen) atoms. The van der Waals surface area contributed by atoms with Gasteiger partial charge in [-0.15, -0.1) is 0 Å². The van der Waals surface area contributed by atoms with Gasteiger partial charge in [0.05, 0.1) is 28.7 Å². The van der Waals surface area contributed by atoms with Gasteiger partial charge in [-0.25, -0.2) is 14.5 Å². The topological polar surface area (TPSA) is 79.6 Å². The lowest BCUT2D eigenvalue weighted by atomic mass is 10.2. The second-order valence-electron chi connectivity index (χ2n) is 5.41. The Morgan fingerprint density at radius 1 is 1.35 bits per heavy atom. The molecular weight excluding hydrogens is 375 g/mol. The predicted molar refractivity (Wildman–Crippen MR) is 86.2 cm³/mol. The van der Waals surface area contributed by atoms with Crippen LogP contribution in [0.25, 0.3) is 5.69 Å². The average Bonchev–Trinajstić information content (AvgIpc) is 3.03. The van der Waals surface area contributed by atoms with Crippen molar-refractivity contribution in [3.05, 3.63) is 46.2 Å². The van der Waals surface area contributed by atoms with Gasteiger partial charge in [0.25, 0.3) is 0 Å². The van der Waals surface area contributed by atoms with Crippen LogP contribution in [-0.4, -0.2) is 39.5 Å². The number of carbonyl (C=O) groups is 2. The second kappa shape index (κ2) is 6.45. The summed E-state index contributed by atoms with van der Waals surface area (Å²) >= 11 is 6.22. The number of aryl methyl sites for hydroxylation is 1. The van der Waals surface area contributed by atoms with Gasteiger partial charge in [0.2, 0.25) is 5.91 Å². The number of rotatable bonds is 3. The van der Waals surface area contributed by atoms with Crippen molar-refractivity contribution in [2.45, 2.75) is 13.1 Å². The number of benzene rings is 1. The van der Waals surface area contributed by atoms with Crippen LogP contribution < -0.4 is 5.32 Å². The largest absolute Gasteiger partial charge is 0.416 e. The molecule has 0 saturated carbocycles. The molecule has 1 fully saturated rings. The SMILES string of the molecule is Cc1nn(-c2cccc(C(F)(F)F)c2)c(Cl)c1C=NN1CC(=O)NC1=O. The Morgan fingerprint density at radius 2 is 2.08 bits per heavy atom. The Balaban J connectivity index is 1.94. The van der Waals surface area contributed by atoms with Gasteiger partial charge < -0.3 is 0 Å². The Bertz CT molecular complexity index is 922. The van der Waals surface area contributed by atoms with Crippen molar-refractivity contribution < 1.29 is 22.8 Å².